The van der Waals surface area contributed by atoms with Crippen LogP contribution in [-0.2, 0) is 4.74 Å². The summed E-state index contributed by atoms with van der Waals surface area (Å²) < 4.78 is 5.19. The Bertz CT molecular complexity index is 458. The summed E-state index contributed by atoms with van der Waals surface area (Å²) in [7, 11) is 1.65. The molecule has 0 bridgehead atoms. The summed E-state index contributed by atoms with van der Waals surface area (Å²) in [6, 6.07) is 5.88. The van der Waals surface area contributed by atoms with Gasteiger partial charge in [0.05, 0.1) is 18.2 Å². The Labute approximate surface area is 128 Å². The Morgan fingerprint density at radius 3 is 2.62 bits per heavy atom. The molecule has 0 aliphatic heterocycles. The summed E-state index contributed by atoms with van der Waals surface area (Å²) in [5, 5.41) is 6.39. The first-order valence-corrected chi connectivity index (χ1v) is 7.63. The molecule has 0 aliphatic carbocycles. The van der Waals surface area contributed by atoms with Crippen LogP contribution in [0.2, 0.25) is 0 Å². The third-order valence-electron chi connectivity index (χ3n) is 3.45. The fourth-order valence-corrected chi connectivity index (χ4v) is 2.09. The topological polar surface area (TPSA) is 50.4 Å². The normalized spacial score (nSPS) is 12.3. The third kappa shape index (κ3) is 5.38. The summed E-state index contributed by atoms with van der Waals surface area (Å²) >= 11 is 0. The molecule has 1 unspecified atom stereocenters. The average molecular weight is 292 g/mol. The minimum Gasteiger partial charge on any atom is -0.384 e. The van der Waals surface area contributed by atoms with E-state index >= 15 is 0 Å². The van der Waals surface area contributed by atoms with Crippen molar-refractivity contribution in [1.82, 2.24) is 5.32 Å². The molecule has 4 nitrogen and oxygen atoms in total. The molecule has 4 heteroatoms. The number of hydrogen-bond donors (Lipinski definition) is 2. The molecular formula is C17H28N2O2. The van der Waals surface area contributed by atoms with Gasteiger partial charge in [-0.25, -0.2) is 0 Å². The number of nitrogens with one attached hydrogen (secondary N) is 2. The number of rotatable bonds is 8. The van der Waals surface area contributed by atoms with E-state index in [0.717, 1.165) is 24.2 Å². The minimum atomic E-state index is -0.0515. The minimum absolute atomic E-state index is 0.0165. The lowest BCUT2D eigenvalue weighted by Crippen LogP contribution is -2.41. The van der Waals surface area contributed by atoms with E-state index in [0.29, 0.717) is 18.1 Å². The molecule has 1 atom stereocenters. The van der Waals surface area contributed by atoms with Gasteiger partial charge in [-0.15, -0.1) is 0 Å². The van der Waals surface area contributed by atoms with E-state index in [9.17, 15) is 4.79 Å². The largest absolute Gasteiger partial charge is 0.384 e. The molecule has 1 rings (SSSR count). The molecule has 0 saturated heterocycles. The number of hydrogen-bond acceptors (Lipinski definition) is 3. The maximum atomic E-state index is 12.5. The number of methoxy groups -OCH3 is 1. The lowest BCUT2D eigenvalue weighted by atomic mass is 10.0. The van der Waals surface area contributed by atoms with Gasteiger partial charge in [-0.2, -0.15) is 0 Å². The molecule has 2 N–H and O–H groups in total. The summed E-state index contributed by atoms with van der Waals surface area (Å²) in [5.74, 6) is 0.274. The molecular weight excluding hydrogens is 264 g/mol. The van der Waals surface area contributed by atoms with E-state index in [4.69, 9.17) is 4.74 Å². The number of aryl methyl sites for hydroxylation is 1. The zero-order valence-electron chi connectivity index (χ0n) is 13.8. The number of anilines is 1. The van der Waals surface area contributed by atoms with Crippen LogP contribution in [0.4, 0.5) is 5.69 Å². The standard InChI is InChI=1S/C17H28N2O2/c1-6-9-18-15-10-13(4)7-8-14(15)17(20)19-16(11-21-5)12(2)3/h7-8,10,12,16,18H,6,9,11H2,1-5H3,(H,19,20). The van der Waals surface area contributed by atoms with Gasteiger partial charge >= 0.3 is 0 Å². The smallest absolute Gasteiger partial charge is 0.253 e. The first-order valence-electron chi connectivity index (χ1n) is 7.63. The highest BCUT2D eigenvalue weighted by Crippen LogP contribution is 2.18. The molecule has 0 aromatic heterocycles. The molecule has 1 amide bonds. The van der Waals surface area contributed by atoms with Crippen molar-refractivity contribution in [3.05, 3.63) is 29.3 Å². The lowest BCUT2D eigenvalue weighted by molar-refractivity contribution is 0.0867. The molecule has 0 heterocycles. The molecule has 0 saturated carbocycles. The maximum Gasteiger partial charge on any atom is 0.253 e. The molecule has 118 valence electrons. The van der Waals surface area contributed by atoms with Gasteiger partial charge < -0.3 is 15.4 Å². The number of carbonyl (C=O) groups excluding carboxylic acids is 1. The Morgan fingerprint density at radius 1 is 1.33 bits per heavy atom. The average Bonchev–Trinajstić information content (AvgIpc) is 2.44. The van der Waals surface area contributed by atoms with Crippen LogP contribution in [-0.4, -0.2) is 32.2 Å². The zero-order valence-corrected chi connectivity index (χ0v) is 13.8. The Kier molecular flexibility index (Phi) is 7.23. The molecule has 0 aliphatic rings. The van der Waals surface area contributed by atoms with E-state index < -0.39 is 0 Å². The fraction of sp³-hybridized carbons (Fsp3) is 0.588. The van der Waals surface area contributed by atoms with Crippen molar-refractivity contribution in [1.29, 1.82) is 0 Å². The molecule has 0 fully saturated rings. The van der Waals surface area contributed by atoms with Gasteiger partial charge in [0, 0.05) is 19.3 Å². The van der Waals surface area contributed by atoms with Crippen molar-refractivity contribution in [2.75, 3.05) is 25.6 Å². The Balaban J connectivity index is 2.89. The maximum absolute atomic E-state index is 12.5. The van der Waals surface area contributed by atoms with E-state index in [-0.39, 0.29) is 11.9 Å². The number of ether oxygens (including phenoxy) is 1. The van der Waals surface area contributed by atoms with Crippen LogP contribution < -0.4 is 10.6 Å². The van der Waals surface area contributed by atoms with E-state index in [1.807, 2.05) is 25.1 Å². The summed E-state index contributed by atoms with van der Waals surface area (Å²) in [5.41, 5.74) is 2.73. The molecule has 1 aromatic rings. The van der Waals surface area contributed by atoms with Crippen LogP contribution in [0.3, 0.4) is 0 Å². The van der Waals surface area contributed by atoms with Crippen LogP contribution in [0.1, 0.15) is 43.1 Å². The van der Waals surface area contributed by atoms with Crippen molar-refractivity contribution in [3.63, 3.8) is 0 Å². The SMILES string of the molecule is CCCNc1cc(C)ccc1C(=O)NC(COC)C(C)C. The van der Waals surface area contributed by atoms with Crippen LogP contribution in [0, 0.1) is 12.8 Å². The summed E-state index contributed by atoms with van der Waals surface area (Å²) in [6.07, 6.45) is 1.02. The summed E-state index contributed by atoms with van der Waals surface area (Å²) in [4.78, 5) is 12.5. The molecule has 21 heavy (non-hydrogen) atoms. The van der Waals surface area contributed by atoms with Crippen molar-refractivity contribution in [2.24, 2.45) is 5.92 Å². The second kappa shape index (κ2) is 8.67. The number of benzene rings is 1. The van der Waals surface area contributed by atoms with Crippen LogP contribution >= 0.6 is 0 Å². The van der Waals surface area contributed by atoms with Gasteiger partial charge in [0.2, 0.25) is 0 Å². The first-order chi connectivity index (χ1) is 9.99. The van der Waals surface area contributed by atoms with Crippen LogP contribution in [0.5, 0.6) is 0 Å². The first kappa shape index (κ1) is 17.5. The van der Waals surface area contributed by atoms with Gasteiger partial charge in [0.25, 0.3) is 5.91 Å². The molecule has 1 aromatic carbocycles. The van der Waals surface area contributed by atoms with Crippen LogP contribution in [0.15, 0.2) is 18.2 Å². The predicted octanol–water partition coefficient (Wildman–Crippen LogP) is 3.22. The predicted molar refractivity (Wildman–Crippen MR) is 87.9 cm³/mol. The third-order valence-corrected chi connectivity index (χ3v) is 3.45. The second-order valence-electron chi connectivity index (χ2n) is 5.76. The van der Waals surface area contributed by atoms with Crippen molar-refractivity contribution < 1.29 is 9.53 Å². The van der Waals surface area contributed by atoms with Crippen LogP contribution in [0.25, 0.3) is 0 Å². The fourth-order valence-electron chi connectivity index (χ4n) is 2.09. The molecule has 0 radical (unpaired) electrons. The van der Waals surface area contributed by atoms with Crippen molar-refractivity contribution in [2.45, 2.75) is 40.2 Å². The van der Waals surface area contributed by atoms with Crippen molar-refractivity contribution >= 4 is 11.6 Å². The Morgan fingerprint density at radius 2 is 2.05 bits per heavy atom. The van der Waals surface area contributed by atoms with Gasteiger partial charge in [-0.1, -0.05) is 26.8 Å². The highest BCUT2D eigenvalue weighted by molar-refractivity contribution is 5.99. The number of carbonyl (C=O) groups is 1. The van der Waals surface area contributed by atoms with Crippen molar-refractivity contribution in [3.8, 4) is 0 Å². The van der Waals surface area contributed by atoms with Gasteiger partial charge in [-0.3, -0.25) is 4.79 Å². The lowest BCUT2D eigenvalue weighted by Gasteiger charge is -2.22. The van der Waals surface area contributed by atoms with Gasteiger partial charge in [0.15, 0.2) is 0 Å². The monoisotopic (exact) mass is 292 g/mol. The van der Waals surface area contributed by atoms with E-state index in [1.54, 1.807) is 7.11 Å². The van der Waals surface area contributed by atoms with Gasteiger partial charge in [0.1, 0.15) is 0 Å². The van der Waals surface area contributed by atoms with Gasteiger partial charge in [-0.05, 0) is 37.0 Å². The number of amides is 1. The van der Waals surface area contributed by atoms with E-state index in [1.165, 1.54) is 0 Å². The molecule has 0 spiro atoms. The highest BCUT2D eigenvalue weighted by atomic mass is 16.5. The second-order valence-corrected chi connectivity index (χ2v) is 5.76. The Hall–Kier alpha value is -1.55. The quantitative estimate of drug-likeness (QED) is 0.773. The van der Waals surface area contributed by atoms with E-state index in [2.05, 4.69) is 31.4 Å². The summed E-state index contributed by atoms with van der Waals surface area (Å²) in [6.45, 7) is 9.67. The highest BCUT2D eigenvalue weighted by Gasteiger charge is 2.19. The zero-order chi connectivity index (χ0) is 15.8.